The highest BCUT2D eigenvalue weighted by Crippen LogP contribution is 2.32. The molecule has 0 saturated carbocycles. The Balaban J connectivity index is 1.05. The average molecular weight is 537 g/mol. The molecule has 204 valence electrons. The first-order valence-electron chi connectivity index (χ1n) is 13.5. The van der Waals surface area contributed by atoms with Crippen molar-refractivity contribution in [3.63, 3.8) is 0 Å². The van der Waals surface area contributed by atoms with Crippen LogP contribution in [0.2, 0.25) is 0 Å². The van der Waals surface area contributed by atoms with E-state index in [1.807, 2.05) is 48.7 Å². The molecule has 2 aliphatic rings. The van der Waals surface area contributed by atoms with Crippen LogP contribution in [0.1, 0.15) is 16.7 Å². The van der Waals surface area contributed by atoms with Crippen LogP contribution in [0.25, 0.3) is 0 Å². The molecule has 2 saturated heterocycles. The van der Waals surface area contributed by atoms with Crippen LogP contribution in [-0.4, -0.2) is 52.0 Å². The lowest BCUT2D eigenvalue weighted by atomic mass is 10.0. The van der Waals surface area contributed by atoms with Crippen molar-refractivity contribution in [1.82, 2.24) is 0 Å². The van der Waals surface area contributed by atoms with Crippen LogP contribution in [0.3, 0.4) is 0 Å². The smallest absolute Gasteiger partial charge is 0.162 e. The summed E-state index contributed by atoms with van der Waals surface area (Å²) in [4.78, 5) is 4.62. The molecule has 2 heterocycles. The van der Waals surface area contributed by atoms with Crippen LogP contribution in [0.15, 0.2) is 96.0 Å². The monoisotopic (exact) mass is 536 g/mol. The van der Waals surface area contributed by atoms with Gasteiger partial charge in [-0.1, -0.05) is 42.5 Å². The molecule has 0 radical (unpaired) electrons. The lowest BCUT2D eigenvalue weighted by Gasteiger charge is -2.11. The number of hydrogen-bond donors (Lipinski definition) is 1. The summed E-state index contributed by atoms with van der Waals surface area (Å²) in [5.74, 6) is 2.19. The summed E-state index contributed by atoms with van der Waals surface area (Å²) in [5.41, 5.74) is 6.32. The molecule has 2 aliphatic heterocycles. The molecule has 4 aromatic rings. The van der Waals surface area contributed by atoms with Crippen LogP contribution in [0.4, 0.5) is 17.1 Å². The Morgan fingerprint density at radius 1 is 0.775 bits per heavy atom. The quantitative estimate of drug-likeness (QED) is 0.159. The molecule has 0 bridgehead atoms. The third kappa shape index (κ3) is 7.40. The van der Waals surface area contributed by atoms with Gasteiger partial charge in [0.1, 0.15) is 31.2 Å². The maximum Gasteiger partial charge on any atom is 0.162 e. The van der Waals surface area contributed by atoms with E-state index in [0.717, 1.165) is 48.0 Å². The third-order valence-electron chi connectivity index (χ3n) is 6.61. The van der Waals surface area contributed by atoms with E-state index in [4.69, 9.17) is 23.7 Å². The SMILES string of the molecule is COc1cc(/N=C/c2ccc(Cc3cccc(Nc4cccc(OCC5CO5)c4)c3)cc2)ccc1OCC1CO1. The number of nitrogens with one attached hydrogen (secondary N) is 1. The van der Waals surface area contributed by atoms with Crippen LogP contribution in [0.5, 0.6) is 17.2 Å². The van der Waals surface area contributed by atoms with Crippen molar-refractivity contribution in [1.29, 1.82) is 0 Å². The summed E-state index contributed by atoms with van der Waals surface area (Å²) >= 11 is 0. The first kappa shape index (κ1) is 25.9. The number of nitrogens with zero attached hydrogens (tertiary/aromatic N) is 1. The fourth-order valence-electron chi connectivity index (χ4n) is 4.25. The van der Waals surface area contributed by atoms with Crippen molar-refractivity contribution >= 4 is 23.3 Å². The summed E-state index contributed by atoms with van der Waals surface area (Å²) in [6.07, 6.45) is 3.13. The standard InChI is InChI=1S/C33H32N2O5/c1-36-33-17-26(12-13-32(33)40-22-31-21-39-31)34-18-24-10-8-23(9-11-24)14-25-4-2-5-27(15-25)35-28-6-3-7-29(16-28)37-19-30-20-38-30/h2-13,15-18,30-31,35H,14,19-22H2,1H3/b34-18+. The van der Waals surface area contributed by atoms with Crippen molar-refractivity contribution < 1.29 is 23.7 Å². The molecule has 40 heavy (non-hydrogen) atoms. The number of anilines is 2. The minimum Gasteiger partial charge on any atom is -0.493 e. The van der Waals surface area contributed by atoms with E-state index in [2.05, 4.69) is 58.8 Å². The van der Waals surface area contributed by atoms with Gasteiger partial charge in [0.15, 0.2) is 11.5 Å². The highest BCUT2D eigenvalue weighted by molar-refractivity contribution is 5.82. The molecule has 0 spiro atoms. The number of methoxy groups -OCH3 is 1. The molecule has 1 N–H and O–H groups in total. The number of benzene rings is 4. The highest BCUT2D eigenvalue weighted by atomic mass is 16.6. The van der Waals surface area contributed by atoms with E-state index in [0.29, 0.717) is 24.7 Å². The lowest BCUT2D eigenvalue weighted by molar-refractivity contribution is 0.252. The second-order valence-corrected chi connectivity index (χ2v) is 9.90. The van der Waals surface area contributed by atoms with Gasteiger partial charge < -0.3 is 29.0 Å². The van der Waals surface area contributed by atoms with Crippen LogP contribution in [0, 0.1) is 0 Å². The molecule has 0 aliphatic carbocycles. The highest BCUT2D eigenvalue weighted by Gasteiger charge is 2.24. The number of epoxide rings is 2. The summed E-state index contributed by atoms with van der Waals surface area (Å²) in [6, 6.07) is 30.6. The van der Waals surface area contributed by atoms with E-state index in [-0.39, 0.29) is 12.2 Å². The molecular weight excluding hydrogens is 504 g/mol. The van der Waals surface area contributed by atoms with Crippen molar-refractivity contribution in [2.45, 2.75) is 18.6 Å². The molecule has 7 nitrogen and oxygen atoms in total. The normalized spacial score (nSPS) is 17.4. The van der Waals surface area contributed by atoms with Gasteiger partial charge in [-0.05, 0) is 59.5 Å². The van der Waals surface area contributed by atoms with Gasteiger partial charge in [-0.2, -0.15) is 0 Å². The summed E-state index contributed by atoms with van der Waals surface area (Å²) in [7, 11) is 1.63. The maximum absolute atomic E-state index is 5.81. The summed E-state index contributed by atoms with van der Waals surface area (Å²) in [6.45, 7) is 2.68. The van der Waals surface area contributed by atoms with Crippen molar-refractivity contribution in [3.8, 4) is 17.2 Å². The molecule has 2 fully saturated rings. The second kappa shape index (κ2) is 12.2. The fraction of sp³-hybridized carbons (Fsp3) is 0.242. The molecule has 2 atom stereocenters. The Morgan fingerprint density at radius 3 is 2.25 bits per heavy atom. The topological polar surface area (TPSA) is 77.1 Å². The first-order chi connectivity index (χ1) is 19.7. The number of hydrogen-bond acceptors (Lipinski definition) is 7. The number of ether oxygens (including phenoxy) is 5. The van der Waals surface area contributed by atoms with Gasteiger partial charge in [0.2, 0.25) is 0 Å². The minimum absolute atomic E-state index is 0.196. The largest absolute Gasteiger partial charge is 0.493 e. The zero-order chi connectivity index (χ0) is 27.1. The third-order valence-corrected chi connectivity index (χ3v) is 6.61. The van der Waals surface area contributed by atoms with Crippen molar-refractivity contribution in [2.24, 2.45) is 4.99 Å². The Labute approximate surface area is 234 Å². The van der Waals surface area contributed by atoms with Gasteiger partial charge in [-0.15, -0.1) is 0 Å². The second-order valence-electron chi connectivity index (χ2n) is 9.90. The van der Waals surface area contributed by atoms with E-state index in [1.54, 1.807) is 7.11 Å². The fourth-order valence-corrected chi connectivity index (χ4v) is 4.25. The van der Waals surface area contributed by atoms with E-state index in [1.165, 1.54) is 11.1 Å². The van der Waals surface area contributed by atoms with Gasteiger partial charge in [-0.3, -0.25) is 4.99 Å². The van der Waals surface area contributed by atoms with Crippen LogP contribution < -0.4 is 19.5 Å². The Morgan fingerprint density at radius 2 is 1.50 bits per heavy atom. The molecule has 2 unspecified atom stereocenters. The first-order valence-corrected chi connectivity index (χ1v) is 13.5. The molecule has 0 amide bonds. The minimum atomic E-state index is 0.196. The number of rotatable bonds is 13. The van der Waals surface area contributed by atoms with Crippen molar-refractivity contribution in [2.75, 3.05) is 38.9 Å². The zero-order valence-electron chi connectivity index (χ0n) is 22.4. The Hall–Kier alpha value is -4.33. The molecular formula is C33H32N2O5. The average Bonchev–Trinajstić information content (AvgIpc) is 3.91. The van der Waals surface area contributed by atoms with Crippen LogP contribution >= 0.6 is 0 Å². The van der Waals surface area contributed by atoms with Gasteiger partial charge in [0.05, 0.1) is 26.0 Å². The predicted octanol–water partition coefficient (Wildman–Crippen LogP) is 6.34. The van der Waals surface area contributed by atoms with E-state index >= 15 is 0 Å². The summed E-state index contributed by atoms with van der Waals surface area (Å²) in [5, 5.41) is 3.49. The maximum atomic E-state index is 5.81. The van der Waals surface area contributed by atoms with E-state index in [9.17, 15) is 0 Å². The van der Waals surface area contributed by atoms with Crippen molar-refractivity contribution in [3.05, 3.63) is 108 Å². The van der Waals surface area contributed by atoms with E-state index < -0.39 is 0 Å². The van der Waals surface area contributed by atoms with Gasteiger partial charge in [0, 0.05) is 29.7 Å². The predicted molar refractivity (Wildman–Crippen MR) is 156 cm³/mol. The molecule has 7 heteroatoms. The Bertz CT molecular complexity index is 1460. The van der Waals surface area contributed by atoms with Gasteiger partial charge in [0.25, 0.3) is 0 Å². The Kier molecular flexibility index (Phi) is 7.93. The van der Waals surface area contributed by atoms with Gasteiger partial charge >= 0.3 is 0 Å². The molecule has 6 rings (SSSR count). The molecule has 4 aromatic carbocycles. The van der Waals surface area contributed by atoms with Crippen LogP contribution in [-0.2, 0) is 15.9 Å². The summed E-state index contributed by atoms with van der Waals surface area (Å²) < 4.78 is 27.5. The van der Waals surface area contributed by atoms with Gasteiger partial charge in [-0.25, -0.2) is 0 Å². The number of aliphatic imine (C=N–C) groups is 1. The molecule has 0 aromatic heterocycles. The lowest BCUT2D eigenvalue weighted by Crippen LogP contribution is -2.04. The zero-order valence-corrected chi connectivity index (χ0v) is 22.4.